The normalized spacial score (nSPS) is 12.3. The third kappa shape index (κ3) is 3.33. The molecule has 0 saturated carbocycles. The summed E-state index contributed by atoms with van der Waals surface area (Å²) in [5, 5.41) is 5.20. The van der Waals surface area contributed by atoms with Crippen molar-refractivity contribution < 1.29 is 0 Å². The van der Waals surface area contributed by atoms with Crippen molar-refractivity contribution in [3.8, 4) is 5.69 Å². The molecule has 7 nitrogen and oxygen atoms in total. The maximum Gasteiger partial charge on any atom is 0.264 e. The van der Waals surface area contributed by atoms with Crippen LogP contribution in [-0.2, 0) is 0 Å². The Morgan fingerprint density at radius 2 is 1.94 bits per heavy atom. The van der Waals surface area contributed by atoms with Crippen LogP contribution in [0.3, 0.4) is 0 Å². The molecule has 0 saturated heterocycles. The highest BCUT2D eigenvalue weighted by Gasteiger charge is 2.21. The summed E-state index contributed by atoms with van der Waals surface area (Å²) in [5.41, 5.74) is 2.74. The zero-order chi connectivity index (χ0) is 21.4. The molecule has 0 unspecified atom stereocenters. The lowest BCUT2D eigenvalue weighted by Crippen LogP contribution is -2.26. The van der Waals surface area contributed by atoms with Crippen LogP contribution >= 0.6 is 11.6 Å². The number of hydrogen-bond acceptors (Lipinski definition) is 5. The summed E-state index contributed by atoms with van der Waals surface area (Å²) in [6.45, 7) is 2.06. The highest BCUT2D eigenvalue weighted by molar-refractivity contribution is 6.35. The fourth-order valence-corrected chi connectivity index (χ4v) is 4.12. The van der Waals surface area contributed by atoms with Gasteiger partial charge < -0.3 is 10.3 Å². The highest BCUT2D eigenvalue weighted by atomic mass is 35.5. The van der Waals surface area contributed by atoms with Gasteiger partial charge in [-0.05, 0) is 36.1 Å². The molecule has 0 spiro atoms. The maximum absolute atomic E-state index is 13.6. The van der Waals surface area contributed by atoms with Crippen LogP contribution in [-0.4, -0.2) is 24.5 Å². The molecular formula is C23H19ClN6O. The van der Waals surface area contributed by atoms with Gasteiger partial charge in [0.05, 0.1) is 22.8 Å². The summed E-state index contributed by atoms with van der Waals surface area (Å²) in [7, 11) is 0. The first-order valence-electron chi connectivity index (χ1n) is 9.97. The summed E-state index contributed by atoms with van der Waals surface area (Å²) in [6.07, 6.45) is 3.79. The van der Waals surface area contributed by atoms with Crippen molar-refractivity contribution >= 4 is 39.4 Å². The largest absolute Gasteiger partial charge is 0.360 e. The van der Waals surface area contributed by atoms with Crippen LogP contribution in [0.25, 0.3) is 27.6 Å². The zero-order valence-corrected chi connectivity index (χ0v) is 17.5. The number of nitrogens with zero attached hydrogens (tertiary/aromatic N) is 4. The number of imidazole rings is 1. The average molecular weight is 431 g/mol. The zero-order valence-electron chi connectivity index (χ0n) is 16.7. The molecule has 2 aromatic carbocycles. The van der Waals surface area contributed by atoms with E-state index in [1.54, 1.807) is 17.0 Å². The van der Waals surface area contributed by atoms with Gasteiger partial charge in [-0.1, -0.05) is 48.9 Å². The predicted octanol–water partition coefficient (Wildman–Crippen LogP) is 4.87. The van der Waals surface area contributed by atoms with Crippen LogP contribution in [0.15, 0.2) is 72.0 Å². The maximum atomic E-state index is 13.6. The molecule has 2 N–H and O–H groups in total. The number of anilines is 1. The molecule has 0 amide bonds. The molecule has 154 valence electrons. The third-order valence-electron chi connectivity index (χ3n) is 5.33. The molecule has 3 aromatic heterocycles. The van der Waals surface area contributed by atoms with Gasteiger partial charge in [0.1, 0.15) is 11.8 Å². The number of nitrogens with one attached hydrogen (secondary N) is 2. The molecule has 5 aromatic rings. The number of rotatable bonds is 5. The van der Waals surface area contributed by atoms with Gasteiger partial charge in [0, 0.05) is 11.4 Å². The van der Waals surface area contributed by atoms with Gasteiger partial charge in [0.2, 0.25) is 0 Å². The second-order valence-corrected chi connectivity index (χ2v) is 7.58. The van der Waals surface area contributed by atoms with Crippen LogP contribution in [0, 0.1) is 0 Å². The van der Waals surface area contributed by atoms with E-state index in [4.69, 9.17) is 11.6 Å². The third-order valence-corrected chi connectivity index (χ3v) is 5.65. The summed E-state index contributed by atoms with van der Waals surface area (Å²) < 4.78 is 1.72. The Bertz CT molecular complexity index is 1440. The molecule has 0 aliphatic rings. The summed E-state index contributed by atoms with van der Waals surface area (Å²) in [6, 6.07) is 16.9. The number of hydrogen-bond donors (Lipinski definition) is 2. The molecule has 0 fully saturated rings. The Morgan fingerprint density at radius 3 is 2.74 bits per heavy atom. The van der Waals surface area contributed by atoms with Crippen molar-refractivity contribution in [3.05, 3.63) is 88.3 Å². The number of aromatic amines is 1. The van der Waals surface area contributed by atoms with Crippen molar-refractivity contribution in [2.45, 2.75) is 19.4 Å². The molecular weight excluding hydrogens is 412 g/mol. The van der Waals surface area contributed by atoms with Crippen molar-refractivity contribution in [1.29, 1.82) is 0 Å². The molecule has 0 aliphatic carbocycles. The molecule has 0 bridgehead atoms. The first-order valence-corrected chi connectivity index (χ1v) is 10.4. The van der Waals surface area contributed by atoms with Gasteiger partial charge in [-0.2, -0.15) is 0 Å². The quantitative estimate of drug-likeness (QED) is 0.415. The summed E-state index contributed by atoms with van der Waals surface area (Å²) in [5.74, 6) is 0.608. The lowest BCUT2D eigenvalue weighted by molar-refractivity contribution is 0.689. The fraction of sp³-hybridized carbons (Fsp3) is 0.130. The van der Waals surface area contributed by atoms with Crippen LogP contribution < -0.4 is 10.9 Å². The molecule has 31 heavy (non-hydrogen) atoms. The van der Waals surface area contributed by atoms with Gasteiger partial charge in [-0.3, -0.25) is 9.36 Å². The van der Waals surface area contributed by atoms with Gasteiger partial charge in [-0.25, -0.2) is 15.0 Å². The summed E-state index contributed by atoms with van der Waals surface area (Å²) >= 11 is 6.41. The second-order valence-electron chi connectivity index (χ2n) is 7.18. The van der Waals surface area contributed by atoms with Crippen molar-refractivity contribution in [2.24, 2.45) is 0 Å². The number of benzene rings is 2. The van der Waals surface area contributed by atoms with E-state index in [0.29, 0.717) is 33.8 Å². The van der Waals surface area contributed by atoms with Crippen molar-refractivity contribution in [1.82, 2.24) is 24.5 Å². The lowest BCUT2D eigenvalue weighted by atomic mass is 10.0. The minimum atomic E-state index is -0.203. The first kappa shape index (κ1) is 19.3. The Balaban J connectivity index is 1.74. The number of pyridine rings is 1. The topological polar surface area (TPSA) is 88.5 Å². The average Bonchev–Trinajstić information content (AvgIpc) is 3.27. The number of aromatic nitrogens is 5. The second kappa shape index (κ2) is 7.85. The first-order chi connectivity index (χ1) is 15.2. The fourth-order valence-electron chi connectivity index (χ4n) is 3.86. The number of H-pyrrole nitrogens is 1. The molecule has 5 rings (SSSR count). The molecule has 3 heterocycles. The van der Waals surface area contributed by atoms with Crippen molar-refractivity contribution in [2.75, 3.05) is 5.32 Å². The Labute approximate surface area is 182 Å². The molecule has 8 heteroatoms. The smallest absolute Gasteiger partial charge is 0.264 e. The minimum absolute atomic E-state index is 0.155. The van der Waals surface area contributed by atoms with E-state index in [9.17, 15) is 4.79 Å². The van der Waals surface area contributed by atoms with E-state index in [1.165, 1.54) is 6.33 Å². The van der Waals surface area contributed by atoms with Crippen LogP contribution in [0.1, 0.15) is 25.1 Å². The van der Waals surface area contributed by atoms with Gasteiger partial charge >= 0.3 is 0 Å². The van der Waals surface area contributed by atoms with Gasteiger partial charge in [-0.15, -0.1) is 0 Å². The van der Waals surface area contributed by atoms with Gasteiger partial charge in [0.15, 0.2) is 11.5 Å². The molecule has 0 aliphatic heterocycles. The van der Waals surface area contributed by atoms with Crippen LogP contribution in [0.5, 0.6) is 0 Å². The lowest BCUT2D eigenvalue weighted by Gasteiger charge is -2.23. The van der Waals surface area contributed by atoms with E-state index in [1.807, 2.05) is 48.5 Å². The monoisotopic (exact) mass is 430 g/mol. The molecule has 0 radical (unpaired) electrons. The Morgan fingerprint density at radius 1 is 1.10 bits per heavy atom. The molecule has 1 atom stereocenters. The van der Waals surface area contributed by atoms with Crippen molar-refractivity contribution in [3.63, 3.8) is 0 Å². The Kier molecular flexibility index (Phi) is 4.88. The van der Waals surface area contributed by atoms with E-state index in [-0.39, 0.29) is 11.6 Å². The number of fused-ring (bicyclic) bond motifs is 2. The standard InChI is InChI=1S/C23H19ClN6O/c1-2-17(29-22-20-21(26-12-25-20)27-13-28-22)18-11-14-7-6-10-16(24)19(14)23(31)30(18)15-8-4-3-5-9-15/h3-13,17H,2H2,1H3,(H2,25,26,27,28,29)/t17-/m0/s1. The number of halogens is 1. The predicted molar refractivity (Wildman–Crippen MR) is 123 cm³/mol. The van der Waals surface area contributed by atoms with E-state index in [0.717, 1.165) is 16.8 Å². The summed E-state index contributed by atoms with van der Waals surface area (Å²) in [4.78, 5) is 29.5. The van der Waals surface area contributed by atoms with Crippen LogP contribution in [0.4, 0.5) is 5.82 Å². The van der Waals surface area contributed by atoms with E-state index < -0.39 is 0 Å². The van der Waals surface area contributed by atoms with Crippen LogP contribution in [0.2, 0.25) is 5.02 Å². The van der Waals surface area contributed by atoms with Gasteiger partial charge in [0.25, 0.3) is 5.56 Å². The van der Waals surface area contributed by atoms with E-state index in [2.05, 4.69) is 32.2 Å². The highest BCUT2D eigenvalue weighted by Crippen LogP contribution is 2.29. The Hall–Kier alpha value is -3.71. The minimum Gasteiger partial charge on any atom is -0.360 e. The number of para-hydroxylation sites is 1. The van der Waals surface area contributed by atoms with E-state index >= 15 is 0 Å². The SMILES string of the molecule is CC[C@H](Nc1ncnc2[nH]cnc12)c1cc2cccc(Cl)c2c(=O)n1-c1ccccc1.